The molecule has 0 saturated carbocycles. The molecule has 178 valence electrons. The number of nitrogens with one attached hydrogen (secondary N) is 1. The Morgan fingerprint density at radius 1 is 1.20 bits per heavy atom. The van der Waals surface area contributed by atoms with Gasteiger partial charge in [-0.3, -0.25) is 14.5 Å². The van der Waals surface area contributed by atoms with Crippen LogP contribution in [-0.4, -0.2) is 24.2 Å². The summed E-state index contributed by atoms with van der Waals surface area (Å²) in [5.74, 6) is 0.279. The molecular weight excluding hydrogens is 509 g/mol. The molecule has 35 heavy (non-hydrogen) atoms. The molecule has 7 nitrogen and oxygen atoms in total. The molecule has 0 spiro atoms. The predicted molar refractivity (Wildman–Crippen MR) is 135 cm³/mol. The number of anilines is 1. The molecule has 2 aromatic carbocycles. The Hall–Kier alpha value is -3.38. The van der Waals surface area contributed by atoms with Crippen LogP contribution in [0.1, 0.15) is 11.3 Å². The summed E-state index contributed by atoms with van der Waals surface area (Å²) in [7, 11) is 1.54. The minimum Gasteiger partial charge on any atom is -0.497 e. The number of rotatable bonds is 7. The minimum absolute atomic E-state index is 0.107. The first-order chi connectivity index (χ1) is 16.9. The van der Waals surface area contributed by atoms with E-state index in [0.717, 1.165) is 17.3 Å². The summed E-state index contributed by atoms with van der Waals surface area (Å²) in [6.07, 6.45) is 1.81. The fourth-order valence-corrected chi connectivity index (χ4v) is 5.44. The number of benzene rings is 2. The second kappa shape index (κ2) is 10.9. The maximum absolute atomic E-state index is 13.6. The summed E-state index contributed by atoms with van der Waals surface area (Å²) in [6, 6.07) is 17.3. The van der Waals surface area contributed by atoms with Crippen molar-refractivity contribution in [3.63, 3.8) is 0 Å². The van der Waals surface area contributed by atoms with Crippen LogP contribution in [0.3, 0.4) is 0 Å². The van der Waals surface area contributed by atoms with Crippen molar-refractivity contribution < 1.29 is 18.7 Å². The van der Waals surface area contributed by atoms with Crippen LogP contribution in [0, 0.1) is 11.3 Å². The summed E-state index contributed by atoms with van der Waals surface area (Å²) >= 11 is 13.4. The lowest BCUT2D eigenvalue weighted by Crippen LogP contribution is -2.32. The van der Waals surface area contributed by atoms with Gasteiger partial charge in [0.05, 0.1) is 25.2 Å². The van der Waals surface area contributed by atoms with Gasteiger partial charge in [-0.05, 0) is 66.6 Å². The van der Waals surface area contributed by atoms with Crippen molar-refractivity contribution in [3.05, 3.63) is 92.8 Å². The quantitative estimate of drug-likeness (QED) is 0.329. The van der Waals surface area contributed by atoms with Gasteiger partial charge >= 0.3 is 0 Å². The molecule has 1 aliphatic rings. The van der Waals surface area contributed by atoms with E-state index in [1.807, 2.05) is 6.07 Å². The van der Waals surface area contributed by atoms with Gasteiger partial charge in [0.15, 0.2) is 0 Å². The van der Waals surface area contributed by atoms with Crippen LogP contribution in [0.15, 0.2) is 75.9 Å². The SMILES string of the molecule is COc1ccc(N2C(=O)C(Cc3cc(Cl)cc(Cl)c3)S/C2=C(/C#N)C(=O)NCc2ccco2)cc1. The number of carbonyl (C=O) groups excluding carboxylic acids is 2. The molecule has 2 amide bonds. The highest BCUT2D eigenvalue weighted by atomic mass is 35.5. The maximum Gasteiger partial charge on any atom is 0.265 e. The third kappa shape index (κ3) is 5.65. The van der Waals surface area contributed by atoms with E-state index in [1.54, 1.807) is 61.7 Å². The van der Waals surface area contributed by atoms with E-state index in [9.17, 15) is 14.9 Å². The van der Waals surface area contributed by atoms with E-state index >= 15 is 0 Å². The number of furan rings is 1. The van der Waals surface area contributed by atoms with Crippen LogP contribution in [0.2, 0.25) is 10.0 Å². The molecule has 10 heteroatoms. The zero-order valence-electron chi connectivity index (χ0n) is 18.5. The Morgan fingerprint density at radius 2 is 1.91 bits per heavy atom. The van der Waals surface area contributed by atoms with E-state index in [0.29, 0.717) is 33.7 Å². The summed E-state index contributed by atoms with van der Waals surface area (Å²) in [4.78, 5) is 27.9. The van der Waals surface area contributed by atoms with Crippen LogP contribution < -0.4 is 15.0 Å². The third-order valence-corrected chi connectivity index (χ3v) is 6.88. The molecule has 0 bridgehead atoms. The Bertz CT molecular complexity index is 1300. The van der Waals surface area contributed by atoms with Gasteiger partial charge in [0.25, 0.3) is 5.91 Å². The van der Waals surface area contributed by atoms with Gasteiger partial charge in [-0.25, -0.2) is 0 Å². The molecule has 0 aliphatic carbocycles. The molecule has 0 radical (unpaired) electrons. The first-order valence-electron chi connectivity index (χ1n) is 10.4. The molecule has 1 fully saturated rings. The van der Waals surface area contributed by atoms with Crippen LogP contribution in [-0.2, 0) is 22.6 Å². The highest BCUT2D eigenvalue weighted by molar-refractivity contribution is 8.05. The molecule has 1 saturated heterocycles. The molecule has 4 rings (SSSR count). The van der Waals surface area contributed by atoms with Gasteiger partial charge in [0.2, 0.25) is 5.91 Å². The van der Waals surface area contributed by atoms with E-state index < -0.39 is 11.2 Å². The fraction of sp³-hybridized carbons (Fsp3) is 0.160. The normalized spacial score (nSPS) is 16.7. The molecule has 1 atom stereocenters. The number of nitrogens with zero attached hydrogens (tertiary/aromatic N) is 2. The van der Waals surface area contributed by atoms with Crippen molar-refractivity contribution in [2.24, 2.45) is 0 Å². The number of thioether (sulfide) groups is 1. The fourth-order valence-electron chi connectivity index (χ4n) is 3.56. The van der Waals surface area contributed by atoms with Gasteiger partial charge in [0.1, 0.15) is 28.2 Å². The summed E-state index contributed by atoms with van der Waals surface area (Å²) in [5, 5.41) is 13.1. The zero-order chi connectivity index (χ0) is 24.9. The van der Waals surface area contributed by atoms with E-state index in [-0.39, 0.29) is 23.1 Å². The second-order valence-corrected chi connectivity index (χ2v) is 9.58. The lowest BCUT2D eigenvalue weighted by atomic mass is 10.1. The monoisotopic (exact) mass is 527 g/mol. The molecule has 1 N–H and O–H groups in total. The topological polar surface area (TPSA) is 95.6 Å². The van der Waals surface area contributed by atoms with Crippen LogP contribution in [0.4, 0.5) is 5.69 Å². The van der Waals surface area contributed by atoms with Crippen molar-refractivity contribution in [2.45, 2.75) is 18.2 Å². The average molecular weight is 528 g/mol. The molecule has 1 aliphatic heterocycles. The molecule has 2 heterocycles. The molecule has 3 aromatic rings. The lowest BCUT2D eigenvalue weighted by Gasteiger charge is -2.19. The van der Waals surface area contributed by atoms with Gasteiger partial charge in [-0.2, -0.15) is 5.26 Å². The number of nitriles is 1. The van der Waals surface area contributed by atoms with Crippen molar-refractivity contribution in [3.8, 4) is 11.8 Å². The smallest absolute Gasteiger partial charge is 0.265 e. The largest absolute Gasteiger partial charge is 0.497 e. The zero-order valence-corrected chi connectivity index (χ0v) is 20.8. The van der Waals surface area contributed by atoms with E-state index in [2.05, 4.69) is 5.32 Å². The number of amides is 2. The third-order valence-electron chi connectivity index (χ3n) is 5.18. The van der Waals surface area contributed by atoms with Crippen molar-refractivity contribution in [2.75, 3.05) is 12.0 Å². The van der Waals surface area contributed by atoms with Crippen LogP contribution in [0.5, 0.6) is 5.75 Å². The number of methoxy groups -OCH3 is 1. The van der Waals surface area contributed by atoms with Gasteiger partial charge in [-0.15, -0.1) is 0 Å². The second-order valence-electron chi connectivity index (χ2n) is 7.51. The Morgan fingerprint density at radius 3 is 2.51 bits per heavy atom. The number of halogens is 2. The number of ether oxygens (including phenoxy) is 1. The van der Waals surface area contributed by atoms with Gasteiger partial charge < -0.3 is 14.5 Å². The number of hydrogen-bond acceptors (Lipinski definition) is 6. The lowest BCUT2D eigenvalue weighted by molar-refractivity contribution is -0.117. The first-order valence-corrected chi connectivity index (χ1v) is 12.1. The van der Waals surface area contributed by atoms with E-state index in [1.165, 1.54) is 11.2 Å². The standard InChI is InChI=1S/C25H19Cl2N3O4S/c1-33-19-6-4-18(5-7-19)30-24(32)22(11-15-9-16(26)12-17(27)10-15)35-25(30)21(13-28)23(31)29-14-20-3-2-8-34-20/h2-10,12,22H,11,14H2,1H3,(H,29,31)/b25-21-. The summed E-state index contributed by atoms with van der Waals surface area (Å²) in [6.45, 7) is 0.107. The Balaban J connectivity index is 1.69. The van der Waals surface area contributed by atoms with Crippen molar-refractivity contribution in [1.82, 2.24) is 5.32 Å². The van der Waals surface area contributed by atoms with Crippen molar-refractivity contribution in [1.29, 1.82) is 5.26 Å². The highest BCUT2D eigenvalue weighted by Gasteiger charge is 2.41. The number of hydrogen-bond donors (Lipinski definition) is 1. The minimum atomic E-state index is -0.607. The maximum atomic E-state index is 13.6. The Labute approximate surface area is 216 Å². The molecule has 1 aromatic heterocycles. The Kier molecular flexibility index (Phi) is 7.71. The van der Waals surface area contributed by atoms with Crippen molar-refractivity contribution >= 4 is 52.5 Å². The van der Waals surface area contributed by atoms with Gasteiger partial charge in [0, 0.05) is 15.7 Å². The number of carbonyl (C=O) groups is 2. The first kappa shape index (κ1) is 24.7. The summed E-state index contributed by atoms with van der Waals surface area (Å²) < 4.78 is 10.4. The molecule has 1 unspecified atom stereocenters. The van der Waals surface area contributed by atoms with Crippen LogP contribution >= 0.6 is 35.0 Å². The average Bonchev–Trinajstić information content (AvgIpc) is 3.46. The predicted octanol–water partition coefficient (Wildman–Crippen LogP) is 5.34. The summed E-state index contributed by atoms with van der Waals surface area (Å²) in [5.41, 5.74) is 1.11. The highest BCUT2D eigenvalue weighted by Crippen LogP contribution is 2.42. The van der Waals surface area contributed by atoms with Gasteiger partial charge in [-0.1, -0.05) is 35.0 Å². The van der Waals surface area contributed by atoms with Crippen LogP contribution in [0.25, 0.3) is 0 Å². The molecular formula is C25H19Cl2N3O4S. The van der Waals surface area contributed by atoms with E-state index in [4.69, 9.17) is 32.4 Å².